The third-order valence-corrected chi connectivity index (χ3v) is 10.8. The molecule has 0 aromatic heterocycles. The first kappa shape index (κ1) is 40.2. The minimum atomic E-state index is -0.877. The maximum absolute atomic E-state index is 10.6. The smallest absolute Gasteiger partial charge is 0.687 e. The van der Waals surface area contributed by atoms with Crippen molar-refractivity contribution in [3.8, 4) is 0 Å². The maximum atomic E-state index is 10.6. The Morgan fingerprint density at radius 2 is 0.980 bits per heavy atom. The first-order valence-electron chi connectivity index (χ1n) is 17.0. The van der Waals surface area contributed by atoms with Gasteiger partial charge in [-0.2, -0.15) is 36.4 Å². The third-order valence-electron chi connectivity index (χ3n) is 8.05. The van der Waals surface area contributed by atoms with Crippen LogP contribution in [0.3, 0.4) is 0 Å². The van der Waals surface area contributed by atoms with Crippen molar-refractivity contribution in [2.24, 2.45) is 0 Å². The Labute approximate surface area is 312 Å². The van der Waals surface area contributed by atoms with Crippen LogP contribution in [0.5, 0.6) is 0 Å². The van der Waals surface area contributed by atoms with Gasteiger partial charge in [0, 0.05) is 0 Å². The van der Waals surface area contributed by atoms with E-state index in [4.69, 9.17) is 0 Å². The molecule has 0 fully saturated rings. The number of para-hydroxylation sites is 2. The van der Waals surface area contributed by atoms with Gasteiger partial charge in [-0.1, -0.05) is 141 Å². The van der Waals surface area contributed by atoms with Gasteiger partial charge < -0.3 is 15.7 Å². The summed E-state index contributed by atoms with van der Waals surface area (Å²) >= 11 is 0. The van der Waals surface area contributed by atoms with E-state index in [1.54, 1.807) is 7.05 Å². The molecule has 258 valence electrons. The molecule has 0 heterocycles. The number of benzene rings is 6. The van der Waals surface area contributed by atoms with Crippen LogP contribution >= 0.6 is 7.92 Å². The molecule has 0 saturated carbocycles. The summed E-state index contributed by atoms with van der Waals surface area (Å²) in [6.45, 7) is 8.65. The molecule has 0 radical (unpaired) electrons. The molecule has 0 amide bonds. The zero-order valence-electron chi connectivity index (χ0n) is 29.7. The topological polar surface area (TPSA) is 48.4 Å². The Kier molecular flexibility index (Phi) is 17.6. The van der Waals surface area contributed by atoms with Crippen LogP contribution in [-0.2, 0) is 23.2 Å². The number of aliphatic hydroxyl groups excluding tert-OH is 1. The molecule has 1 atom stereocenters. The van der Waals surface area contributed by atoms with Crippen molar-refractivity contribution >= 4 is 35.2 Å². The summed E-state index contributed by atoms with van der Waals surface area (Å²) in [5, 5.41) is 23.8. The second kappa shape index (κ2) is 21.8. The van der Waals surface area contributed by atoms with E-state index in [2.05, 4.69) is 154 Å². The van der Waals surface area contributed by atoms with Crippen molar-refractivity contribution in [3.05, 3.63) is 197 Å². The van der Waals surface area contributed by atoms with E-state index in [-0.39, 0.29) is 16.8 Å². The molecule has 0 aliphatic rings. The Bertz CT molecular complexity index is 1620. The monoisotopic (exact) mass is 723 g/mol. The summed E-state index contributed by atoms with van der Waals surface area (Å²) < 4.78 is 0. The predicted octanol–water partition coefficient (Wildman–Crippen LogP) is 10.8. The van der Waals surface area contributed by atoms with Crippen LogP contribution in [0.2, 0.25) is 0 Å². The van der Waals surface area contributed by atoms with Gasteiger partial charge >= 0.3 is 16.8 Å². The fourth-order valence-electron chi connectivity index (χ4n) is 5.61. The molecule has 6 aromatic rings. The second-order valence-corrected chi connectivity index (χ2v) is 14.8. The first-order valence-corrected chi connectivity index (χ1v) is 18.5. The zero-order chi connectivity index (χ0) is 34.8. The molecule has 0 saturated heterocycles. The standard InChI is InChI=1S/C21H28N2O.C18H15P.C6H5.Co/c1-14(2)17-10-8-11-18(15(3)4)21(17)23-20(24)13-16-9-6-7-12-19(16)22-5;1-4-10-16(11-5-1)19(17-12-6-2-7-13-17)18-14-8-3-9-15-18;1-2-4-6-5-3-1;/h6-12,14-15,20,24H,13H2,1-5H3;1-15H;1-5H;/q-2;;-1;+3/p+1. The van der Waals surface area contributed by atoms with E-state index in [9.17, 15) is 5.11 Å². The summed E-state index contributed by atoms with van der Waals surface area (Å²) in [7, 11) is 0.894. The van der Waals surface area contributed by atoms with Crippen LogP contribution in [0, 0.1) is 6.07 Å². The zero-order valence-corrected chi connectivity index (χ0v) is 31.7. The van der Waals surface area contributed by atoms with Crippen molar-refractivity contribution in [2.45, 2.75) is 52.2 Å². The molecule has 1 unspecified atom stereocenters. The van der Waals surface area contributed by atoms with Crippen LogP contribution in [0.25, 0.3) is 10.6 Å². The summed E-state index contributed by atoms with van der Waals surface area (Å²) in [4.78, 5) is 0. The summed E-state index contributed by atoms with van der Waals surface area (Å²) in [6.07, 6.45) is -0.303. The van der Waals surface area contributed by atoms with E-state index in [0.29, 0.717) is 18.3 Å². The van der Waals surface area contributed by atoms with Crippen LogP contribution in [0.1, 0.15) is 56.2 Å². The van der Waals surface area contributed by atoms with Gasteiger partial charge in [0.2, 0.25) is 0 Å². The molecule has 0 bridgehead atoms. The van der Waals surface area contributed by atoms with Crippen molar-refractivity contribution in [2.75, 3.05) is 7.05 Å². The fraction of sp³-hybridized carbons (Fsp3) is 0.200. The predicted molar refractivity (Wildman–Crippen MR) is 215 cm³/mol. The molecular formula is C45H49CoN2OP+. The van der Waals surface area contributed by atoms with Crippen LogP contribution in [0.15, 0.2) is 164 Å². The normalized spacial score (nSPS) is 11.0. The first-order chi connectivity index (χ1) is 23.9. The average molecular weight is 724 g/mol. The van der Waals surface area contributed by atoms with E-state index in [0.717, 1.165) is 16.9 Å². The molecular weight excluding hydrogens is 674 g/mol. The van der Waals surface area contributed by atoms with Gasteiger partial charge in [0.05, 0.1) is 7.92 Å². The van der Waals surface area contributed by atoms with Crippen molar-refractivity contribution in [1.82, 2.24) is 0 Å². The number of aliphatic hydroxyl groups is 1. The minimum absolute atomic E-state index is 0. The molecule has 6 aromatic carbocycles. The Balaban J connectivity index is 0.000000231. The molecule has 6 rings (SSSR count). The number of hydrogen-bond acceptors (Lipinski definition) is 1. The quantitative estimate of drug-likeness (QED) is 0.111. The SMILES string of the molecule is C[N-]c1ccccc1CC(O)[N-]c1c(C(C)C)cccc1C(C)C.[Co+3].[c-]1ccccc1.c1ccc([PH+](c2ccccc2)c2ccccc2)cc1. The molecule has 50 heavy (non-hydrogen) atoms. The van der Waals surface area contributed by atoms with Gasteiger partial charge in [0.1, 0.15) is 15.9 Å². The number of hydrogen-bond donors (Lipinski definition) is 1. The summed E-state index contributed by atoms with van der Waals surface area (Å²) in [5.74, 6) is 0.736. The summed E-state index contributed by atoms with van der Waals surface area (Å²) in [6, 6.07) is 59.2. The minimum Gasteiger partial charge on any atom is -0.687 e. The number of nitrogens with zero attached hydrogens (tertiary/aromatic N) is 2. The largest absolute Gasteiger partial charge is 3.00 e. The van der Waals surface area contributed by atoms with E-state index in [1.165, 1.54) is 27.0 Å². The van der Waals surface area contributed by atoms with Gasteiger partial charge in [-0.15, -0.1) is 18.4 Å². The molecule has 0 aliphatic heterocycles. The number of rotatable bonds is 10. The maximum Gasteiger partial charge on any atom is 3.00 e. The van der Waals surface area contributed by atoms with Gasteiger partial charge in [0.15, 0.2) is 0 Å². The van der Waals surface area contributed by atoms with Gasteiger partial charge in [-0.3, -0.25) is 0 Å². The average Bonchev–Trinajstić information content (AvgIpc) is 3.14. The van der Waals surface area contributed by atoms with Crippen LogP contribution in [-0.4, -0.2) is 18.4 Å². The van der Waals surface area contributed by atoms with E-state index >= 15 is 0 Å². The van der Waals surface area contributed by atoms with Crippen LogP contribution in [0.4, 0.5) is 11.4 Å². The molecule has 0 aliphatic carbocycles. The van der Waals surface area contributed by atoms with E-state index in [1.807, 2.05) is 54.6 Å². The Hall–Kier alpha value is -4.18. The van der Waals surface area contributed by atoms with Crippen molar-refractivity contribution in [1.29, 1.82) is 0 Å². The summed E-state index contributed by atoms with van der Waals surface area (Å²) in [5.41, 5.74) is 5.25. The van der Waals surface area contributed by atoms with Gasteiger partial charge in [-0.05, 0) is 60.9 Å². The van der Waals surface area contributed by atoms with E-state index < -0.39 is 14.1 Å². The second-order valence-electron chi connectivity index (χ2n) is 12.3. The van der Waals surface area contributed by atoms with Gasteiger partial charge in [0.25, 0.3) is 0 Å². The molecule has 1 N–H and O–H groups in total. The van der Waals surface area contributed by atoms with Crippen molar-refractivity contribution in [3.63, 3.8) is 0 Å². The van der Waals surface area contributed by atoms with Gasteiger partial charge in [-0.25, -0.2) is 0 Å². The fourth-order valence-corrected chi connectivity index (χ4v) is 8.19. The molecule has 3 nitrogen and oxygen atoms in total. The van der Waals surface area contributed by atoms with Crippen molar-refractivity contribution < 1.29 is 21.9 Å². The molecule has 5 heteroatoms. The Morgan fingerprint density at radius 3 is 1.36 bits per heavy atom. The Morgan fingerprint density at radius 1 is 0.560 bits per heavy atom. The van der Waals surface area contributed by atoms with Crippen LogP contribution < -0.4 is 15.9 Å². The molecule has 0 spiro atoms. The third kappa shape index (κ3) is 12.3.